The first-order chi connectivity index (χ1) is 13.6. The Bertz CT molecular complexity index is 667. The highest BCUT2D eigenvalue weighted by Crippen LogP contribution is 2.14. The molecule has 2 fully saturated rings. The summed E-state index contributed by atoms with van der Waals surface area (Å²) in [6.07, 6.45) is 2.91. The number of aryl methyl sites for hydroxylation is 1. The molecule has 2 aliphatic heterocycles. The van der Waals surface area contributed by atoms with Crippen molar-refractivity contribution in [1.82, 2.24) is 30.2 Å². The van der Waals surface area contributed by atoms with Crippen LogP contribution in [0.4, 0.5) is 0 Å². The molecule has 10 heteroatoms. The van der Waals surface area contributed by atoms with E-state index in [4.69, 9.17) is 9.52 Å². The van der Waals surface area contributed by atoms with Gasteiger partial charge in [-0.1, -0.05) is 5.16 Å². The highest BCUT2D eigenvalue weighted by molar-refractivity contribution is 14.0. The minimum absolute atomic E-state index is 0. The van der Waals surface area contributed by atoms with Gasteiger partial charge >= 0.3 is 0 Å². The van der Waals surface area contributed by atoms with E-state index in [1.807, 2.05) is 18.7 Å². The van der Waals surface area contributed by atoms with E-state index in [9.17, 15) is 4.79 Å². The number of nitrogens with zero attached hydrogens (tertiary/aromatic N) is 6. The van der Waals surface area contributed by atoms with Crippen molar-refractivity contribution in [2.75, 3.05) is 52.4 Å². The van der Waals surface area contributed by atoms with E-state index in [1.165, 1.54) is 0 Å². The van der Waals surface area contributed by atoms with Crippen LogP contribution in [-0.4, -0.2) is 95.1 Å². The first kappa shape index (κ1) is 23.8. The molecule has 1 aromatic heterocycles. The summed E-state index contributed by atoms with van der Waals surface area (Å²) >= 11 is 0. The fourth-order valence-corrected chi connectivity index (χ4v) is 3.80. The molecule has 2 aliphatic rings. The Morgan fingerprint density at radius 2 is 1.86 bits per heavy atom. The molecular weight excluding hydrogens is 485 g/mol. The maximum absolute atomic E-state index is 12.7. The van der Waals surface area contributed by atoms with Gasteiger partial charge in [0.05, 0.1) is 12.6 Å². The number of aromatic nitrogens is 2. The molecule has 1 N–H and O–H groups in total. The molecule has 1 aromatic rings. The molecule has 3 rings (SSSR count). The zero-order valence-corrected chi connectivity index (χ0v) is 20.1. The lowest BCUT2D eigenvalue weighted by Gasteiger charge is -2.39. The van der Waals surface area contributed by atoms with Gasteiger partial charge in [-0.05, 0) is 33.6 Å². The number of halogens is 1. The number of guanidine groups is 1. The summed E-state index contributed by atoms with van der Waals surface area (Å²) in [5.74, 6) is 2.47. The summed E-state index contributed by atoms with van der Waals surface area (Å²) in [5, 5.41) is 7.18. The van der Waals surface area contributed by atoms with E-state index >= 15 is 0 Å². The molecule has 3 heterocycles. The van der Waals surface area contributed by atoms with Crippen LogP contribution < -0.4 is 5.32 Å². The zero-order chi connectivity index (χ0) is 19.9. The molecular formula is C19H34IN7O2. The molecule has 164 valence electrons. The van der Waals surface area contributed by atoms with Gasteiger partial charge in [-0.3, -0.25) is 14.7 Å². The van der Waals surface area contributed by atoms with Crippen LogP contribution in [0.15, 0.2) is 9.52 Å². The fraction of sp³-hybridized carbons (Fsp3) is 0.789. The van der Waals surface area contributed by atoms with Gasteiger partial charge in [0.25, 0.3) is 0 Å². The molecule has 1 unspecified atom stereocenters. The number of nitrogens with one attached hydrogen (secondary N) is 1. The highest BCUT2D eigenvalue weighted by atomic mass is 127. The molecule has 1 atom stereocenters. The average molecular weight is 519 g/mol. The van der Waals surface area contributed by atoms with Crippen LogP contribution in [0.5, 0.6) is 0 Å². The summed E-state index contributed by atoms with van der Waals surface area (Å²) in [4.78, 5) is 28.2. The van der Waals surface area contributed by atoms with Crippen LogP contribution in [0.3, 0.4) is 0 Å². The van der Waals surface area contributed by atoms with E-state index in [0.29, 0.717) is 24.7 Å². The van der Waals surface area contributed by atoms with Gasteiger partial charge in [0.15, 0.2) is 11.8 Å². The van der Waals surface area contributed by atoms with E-state index in [0.717, 1.165) is 64.6 Å². The van der Waals surface area contributed by atoms with Gasteiger partial charge in [0.1, 0.15) is 0 Å². The topological polar surface area (TPSA) is 90.1 Å². The Kier molecular flexibility index (Phi) is 9.60. The Morgan fingerprint density at radius 3 is 2.45 bits per heavy atom. The molecule has 2 saturated heterocycles. The molecule has 0 bridgehead atoms. The van der Waals surface area contributed by atoms with Crippen LogP contribution in [0.1, 0.15) is 38.4 Å². The fourth-order valence-electron chi connectivity index (χ4n) is 3.80. The lowest BCUT2D eigenvalue weighted by Crippen LogP contribution is -2.57. The van der Waals surface area contributed by atoms with Gasteiger partial charge in [0, 0.05) is 52.2 Å². The number of carbonyl (C=O) groups excluding carboxylic acids is 1. The predicted octanol–water partition coefficient (Wildman–Crippen LogP) is 1.13. The minimum Gasteiger partial charge on any atom is -0.357 e. The first-order valence-electron chi connectivity index (χ1n) is 10.4. The van der Waals surface area contributed by atoms with Crippen molar-refractivity contribution < 1.29 is 9.32 Å². The number of carbonyl (C=O) groups is 1. The number of hydrogen-bond acceptors (Lipinski definition) is 6. The quantitative estimate of drug-likeness (QED) is 0.343. The standard InChI is InChI=1S/C19H33N7O2.HI/c1-4-20-19(21-8-7-17-22-16(3)23-28-17)26-13-11-24(12-14-26)15(2)18(27)25-9-5-6-10-25;/h15H,4-14H2,1-3H3,(H,20,21);1H. The molecule has 0 aromatic carbocycles. The SMILES string of the molecule is CCNC(=NCCc1nc(C)no1)N1CCN(C(C)C(=O)N2CCCC2)CC1.I. The lowest BCUT2D eigenvalue weighted by atomic mass is 10.2. The third kappa shape index (κ3) is 6.53. The van der Waals surface area contributed by atoms with E-state index in [1.54, 1.807) is 0 Å². The smallest absolute Gasteiger partial charge is 0.239 e. The average Bonchev–Trinajstić information content (AvgIpc) is 3.38. The second-order valence-corrected chi connectivity index (χ2v) is 7.45. The third-order valence-corrected chi connectivity index (χ3v) is 5.43. The van der Waals surface area contributed by atoms with Crippen LogP contribution in [0.2, 0.25) is 0 Å². The largest absolute Gasteiger partial charge is 0.357 e. The summed E-state index contributed by atoms with van der Waals surface area (Å²) in [7, 11) is 0. The van der Waals surface area contributed by atoms with Crippen LogP contribution in [0.25, 0.3) is 0 Å². The van der Waals surface area contributed by atoms with Gasteiger partial charge in [-0.25, -0.2) is 0 Å². The van der Waals surface area contributed by atoms with Crippen molar-refractivity contribution in [2.45, 2.75) is 46.1 Å². The first-order valence-corrected chi connectivity index (χ1v) is 10.4. The van der Waals surface area contributed by atoms with Crippen LogP contribution >= 0.6 is 24.0 Å². The van der Waals surface area contributed by atoms with Gasteiger partial charge in [-0.15, -0.1) is 24.0 Å². The van der Waals surface area contributed by atoms with Crippen molar-refractivity contribution >= 4 is 35.8 Å². The lowest BCUT2D eigenvalue weighted by molar-refractivity contribution is -0.135. The number of aliphatic imine (C=N–C) groups is 1. The molecule has 0 spiro atoms. The van der Waals surface area contributed by atoms with Crippen molar-refractivity contribution in [1.29, 1.82) is 0 Å². The summed E-state index contributed by atoms with van der Waals surface area (Å²) in [6, 6.07) is -0.0412. The molecule has 0 radical (unpaired) electrons. The molecule has 0 saturated carbocycles. The number of amides is 1. The third-order valence-electron chi connectivity index (χ3n) is 5.43. The van der Waals surface area contributed by atoms with Crippen LogP contribution in [0, 0.1) is 6.92 Å². The number of rotatable bonds is 6. The molecule has 9 nitrogen and oxygen atoms in total. The summed E-state index contributed by atoms with van der Waals surface area (Å²) in [6.45, 7) is 12.7. The summed E-state index contributed by atoms with van der Waals surface area (Å²) < 4.78 is 5.15. The van der Waals surface area contributed by atoms with Crippen molar-refractivity contribution in [3.05, 3.63) is 11.7 Å². The molecule has 0 aliphatic carbocycles. The van der Waals surface area contributed by atoms with Crippen molar-refractivity contribution in [3.8, 4) is 0 Å². The summed E-state index contributed by atoms with van der Waals surface area (Å²) in [5.41, 5.74) is 0. The van der Waals surface area contributed by atoms with Crippen molar-refractivity contribution in [3.63, 3.8) is 0 Å². The van der Waals surface area contributed by atoms with E-state index in [2.05, 4.69) is 32.2 Å². The van der Waals surface area contributed by atoms with Crippen LogP contribution in [-0.2, 0) is 11.2 Å². The number of likely N-dealkylation sites (tertiary alicyclic amines) is 1. The Hall–Kier alpha value is -1.43. The van der Waals surface area contributed by atoms with E-state index in [-0.39, 0.29) is 35.9 Å². The number of piperazine rings is 1. The monoisotopic (exact) mass is 519 g/mol. The minimum atomic E-state index is -0.0412. The van der Waals surface area contributed by atoms with E-state index < -0.39 is 0 Å². The second-order valence-electron chi connectivity index (χ2n) is 7.45. The maximum Gasteiger partial charge on any atom is 0.239 e. The maximum atomic E-state index is 12.7. The normalized spacial score (nSPS) is 19.2. The highest BCUT2D eigenvalue weighted by Gasteiger charge is 2.30. The van der Waals surface area contributed by atoms with Crippen molar-refractivity contribution in [2.24, 2.45) is 4.99 Å². The van der Waals surface area contributed by atoms with Gasteiger partial charge in [-0.2, -0.15) is 4.98 Å². The zero-order valence-electron chi connectivity index (χ0n) is 17.8. The van der Waals surface area contributed by atoms with Gasteiger partial charge in [0.2, 0.25) is 11.8 Å². The molecule has 1 amide bonds. The number of hydrogen-bond donors (Lipinski definition) is 1. The second kappa shape index (κ2) is 11.7. The Labute approximate surface area is 190 Å². The predicted molar refractivity (Wildman–Crippen MR) is 123 cm³/mol. The van der Waals surface area contributed by atoms with Gasteiger partial charge < -0.3 is 19.6 Å². The Balaban J connectivity index is 0.00000300. The Morgan fingerprint density at radius 1 is 1.17 bits per heavy atom. The molecule has 29 heavy (non-hydrogen) atoms.